The van der Waals surface area contributed by atoms with Gasteiger partial charge < -0.3 is 15.1 Å². The summed E-state index contributed by atoms with van der Waals surface area (Å²) in [5.41, 5.74) is 2.41. The van der Waals surface area contributed by atoms with E-state index in [0.717, 1.165) is 32.0 Å². The van der Waals surface area contributed by atoms with Gasteiger partial charge in [-0.15, -0.1) is 0 Å². The molecule has 0 atom stereocenters. The second-order valence-electron chi connectivity index (χ2n) is 8.05. The molecule has 2 aromatic rings. The van der Waals surface area contributed by atoms with Gasteiger partial charge in [0.2, 0.25) is 5.91 Å². The fourth-order valence-electron chi connectivity index (χ4n) is 4.38. The van der Waals surface area contributed by atoms with Gasteiger partial charge in [0.25, 0.3) is 0 Å². The molecule has 146 valence electrons. The lowest BCUT2D eigenvalue weighted by molar-refractivity contribution is -0.121. The lowest BCUT2D eigenvalue weighted by Gasteiger charge is -2.34. The van der Waals surface area contributed by atoms with Gasteiger partial charge in [0.1, 0.15) is 0 Å². The molecule has 5 heteroatoms. The predicted molar refractivity (Wildman–Crippen MR) is 114 cm³/mol. The molecule has 2 heterocycles. The third-order valence-electron chi connectivity index (χ3n) is 6.05. The zero-order chi connectivity index (χ0) is 18.9. The number of amides is 1. The molecular weight excluding hydrogens is 366 g/mol. The minimum absolute atomic E-state index is 0.179. The monoisotopic (exact) mass is 393 g/mol. The largest absolute Gasteiger partial charge is 0.353 e. The van der Waals surface area contributed by atoms with Crippen LogP contribution >= 0.6 is 11.8 Å². The summed E-state index contributed by atoms with van der Waals surface area (Å²) in [5, 5.41) is 3.29. The molecule has 2 fully saturated rings. The maximum absolute atomic E-state index is 12.6. The van der Waals surface area contributed by atoms with E-state index in [9.17, 15) is 4.79 Å². The van der Waals surface area contributed by atoms with Crippen molar-refractivity contribution in [1.29, 1.82) is 0 Å². The third kappa shape index (κ3) is 3.78. The molecule has 1 aliphatic carbocycles. The first-order chi connectivity index (χ1) is 13.8. The topological polar surface area (TPSA) is 35.6 Å². The van der Waals surface area contributed by atoms with Crippen LogP contribution in [0.2, 0.25) is 0 Å². The number of anilines is 2. The Hall–Kier alpha value is -1.98. The Kier molecular flexibility index (Phi) is 5.03. The average molecular weight is 394 g/mol. The van der Waals surface area contributed by atoms with Crippen LogP contribution in [-0.2, 0) is 4.79 Å². The molecule has 0 radical (unpaired) electrons. The average Bonchev–Trinajstić information content (AvgIpc) is 3.57. The Morgan fingerprint density at radius 1 is 0.929 bits per heavy atom. The van der Waals surface area contributed by atoms with Crippen LogP contribution in [0.3, 0.4) is 0 Å². The molecule has 1 saturated heterocycles. The summed E-state index contributed by atoms with van der Waals surface area (Å²) in [5.74, 6) is 0.179. The summed E-state index contributed by atoms with van der Waals surface area (Å²) >= 11 is 1.81. The quantitative estimate of drug-likeness (QED) is 0.816. The highest BCUT2D eigenvalue weighted by atomic mass is 32.2. The fourth-order valence-corrected chi connectivity index (χ4v) is 5.48. The number of rotatable bonds is 5. The molecule has 0 aromatic heterocycles. The van der Waals surface area contributed by atoms with Crippen molar-refractivity contribution in [2.24, 2.45) is 0 Å². The molecule has 28 heavy (non-hydrogen) atoms. The Labute approximate surface area is 171 Å². The summed E-state index contributed by atoms with van der Waals surface area (Å²) in [7, 11) is 0. The molecule has 2 aliphatic heterocycles. The van der Waals surface area contributed by atoms with Crippen LogP contribution in [0.25, 0.3) is 0 Å². The van der Waals surface area contributed by atoms with E-state index in [1.807, 2.05) is 11.8 Å². The van der Waals surface area contributed by atoms with Gasteiger partial charge >= 0.3 is 0 Å². The molecule has 4 nitrogen and oxygen atoms in total. The number of nitrogens with one attached hydrogen (secondary N) is 1. The molecule has 1 saturated carbocycles. The number of nitrogens with zero attached hydrogens (tertiary/aromatic N) is 2. The van der Waals surface area contributed by atoms with Gasteiger partial charge in [-0.2, -0.15) is 0 Å². The van der Waals surface area contributed by atoms with Gasteiger partial charge in [0.15, 0.2) is 0 Å². The van der Waals surface area contributed by atoms with Crippen LogP contribution in [0.15, 0.2) is 58.3 Å². The van der Waals surface area contributed by atoms with E-state index in [1.54, 1.807) is 0 Å². The number of piperidine rings is 1. The summed E-state index contributed by atoms with van der Waals surface area (Å²) in [6.45, 7) is 2.99. The number of benzene rings is 2. The number of para-hydroxylation sites is 2. The van der Waals surface area contributed by atoms with Crippen LogP contribution in [0, 0.1) is 0 Å². The van der Waals surface area contributed by atoms with Gasteiger partial charge in [0, 0.05) is 47.9 Å². The van der Waals surface area contributed by atoms with Crippen molar-refractivity contribution in [3.8, 4) is 0 Å². The van der Waals surface area contributed by atoms with E-state index in [1.165, 1.54) is 34.0 Å². The maximum atomic E-state index is 12.6. The van der Waals surface area contributed by atoms with E-state index in [0.29, 0.717) is 19.0 Å². The fraction of sp³-hybridized carbons (Fsp3) is 0.435. The van der Waals surface area contributed by atoms with Crippen molar-refractivity contribution >= 4 is 29.0 Å². The molecule has 5 rings (SSSR count). The summed E-state index contributed by atoms with van der Waals surface area (Å²) < 4.78 is 0. The molecule has 0 unspecified atom stereocenters. The molecule has 2 aromatic carbocycles. The predicted octanol–water partition coefficient (Wildman–Crippen LogP) is 4.42. The van der Waals surface area contributed by atoms with Crippen molar-refractivity contribution in [1.82, 2.24) is 10.2 Å². The molecule has 0 bridgehead atoms. The van der Waals surface area contributed by atoms with E-state index in [2.05, 4.69) is 63.6 Å². The highest BCUT2D eigenvalue weighted by Crippen LogP contribution is 2.47. The van der Waals surface area contributed by atoms with Crippen LogP contribution < -0.4 is 10.2 Å². The Balaban J connectivity index is 1.21. The van der Waals surface area contributed by atoms with Gasteiger partial charge in [-0.3, -0.25) is 4.79 Å². The molecule has 1 amide bonds. The molecule has 1 N–H and O–H groups in total. The number of carbonyl (C=O) groups is 1. The highest BCUT2D eigenvalue weighted by Gasteiger charge is 2.32. The first-order valence-corrected chi connectivity index (χ1v) is 11.3. The Morgan fingerprint density at radius 2 is 1.54 bits per heavy atom. The second kappa shape index (κ2) is 7.80. The van der Waals surface area contributed by atoms with Crippen molar-refractivity contribution in [3.63, 3.8) is 0 Å². The van der Waals surface area contributed by atoms with E-state index < -0.39 is 0 Å². The lowest BCUT2D eigenvalue weighted by Crippen LogP contribution is -2.45. The lowest BCUT2D eigenvalue weighted by atomic mass is 10.0. The van der Waals surface area contributed by atoms with Crippen molar-refractivity contribution in [2.75, 3.05) is 24.5 Å². The summed E-state index contributed by atoms with van der Waals surface area (Å²) in [4.78, 5) is 20.1. The van der Waals surface area contributed by atoms with Crippen LogP contribution in [0.4, 0.5) is 11.4 Å². The molecule has 3 aliphatic rings. The van der Waals surface area contributed by atoms with Crippen LogP contribution in [0.1, 0.15) is 32.1 Å². The van der Waals surface area contributed by atoms with E-state index >= 15 is 0 Å². The third-order valence-corrected chi connectivity index (χ3v) is 7.18. The van der Waals surface area contributed by atoms with Crippen LogP contribution in [0.5, 0.6) is 0 Å². The second-order valence-corrected chi connectivity index (χ2v) is 9.13. The van der Waals surface area contributed by atoms with Crippen molar-refractivity contribution in [3.05, 3.63) is 48.5 Å². The number of carbonyl (C=O) groups excluding carboxylic acids is 1. The van der Waals surface area contributed by atoms with Crippen molar-refractivity contribution in [2.45, 2.75) is 54.0 Å². The van der Waals surface area contributed by atoms with Gasteiger partial charge in [0.05, 0.1) is 11.4 Å². The van der Waals surface area contributed by atoms with E-state index in [-0.39, 0.29) is 5.91 Å². The smallest absolute Gasteiger partial charge is 0.222 e. The first kappa shape index (κ1) is 18.1. The standard InChI is InChI=1S/C23H27N3OS/c27-23(24-17-11-14-25(15-12-17)18-9-10-18)13-16-26-19-5-1-3-7-21(19)28-22-8-4-2-6-20(22)26/h1-8,17-18H,9-16H2,(H,24,27). The SMILES string of the molecule is O=C(CCN1c2ccccc2Sc2ccccc21)NC1CCN(C2CC2)CC1. The maximum Gasteiger partial charge on any atom is 0.222 e. The molecule has 0 spiro atoms. The summed E-state index contributed by atoms with van der Waals surface area (Å²) in [6.07, 6.45) is 5.45. The number of hydrogen-bond acceptors (Lipinski definition) is 4. The summed E-state index contributed by atoms with van der Waals surface area (Å²) in [6, 6.07) is 18.1. The normalized spacial score (nSPS) is 19.8. The Morgan fingerprint density at radius 3 is 2.14 bits per heavy atom. The minimum atomic E-state index is 0.179. The molecular formula is C23H27N3OS. The highest BCUT2D eigenvalue weighted by molar-refractivity contribution is 7.99. The number of hydrogen-bond donors (Lipinski definition) is 1. The van der Waals surface area contributed by atoms with Gasteiger partial charge in [-0.25, -0.2) is 0 Å². The number of fused-ring (bicyclic) bond motifs is 2. The minimum Gasteiger partial charge on any atom is -0.353 e. The van der Waals surface area contributed by atoms with Crippen LogP contribution in [-0.4, -0.2) is 42.5 Å². The number of likely N-dealkylation sites (tertiary alicyclic amines) is 1. The van der Waals surface area contributed by atoms with Gasteiger partial charge in [-0.1, -0.05) is 36.0 Å². The van der Waals surface area contributed by atoms with Crippen molar-refractivity contribution < 1.29 is 4.79 Å². The van der Waals surface area contributed by atoms with E-state index in [4.69, 9.17) is 0 Å². The zero-order valence-electron chi connectivity index (χ0n) is 16.1. The van der Waals surface area contributed by atoms with Gasteiger partial charge in [-0.05, 0) is 49.9 Å². The Bertz CT molecular complexity index is 813. The zero-order valence-corrected chi connectivity index (χ0v) is 17.0. The first-order valence-electron chi connectivity index (χ1n) is 10.4.